The molecule has 3 aromatic heterocycles. The maximum absolute atomic E-state index is 4.88. The van der Waals surface area contributed by atoms with Crippen molar-refractivity contribution < 1.29 is 0 Å². The Morgan fingerprint density at radius 1 is 1.04 bits per heavy atom. The number of aromatic amines is 1. The van der Waals surface area contributed by atoms with Gasteiger partial charge in [-0.25, -0.2) is 4.98 Å². The molecule has 1 aliphatic rings. The van der Waals surface area contributed by atoms with Crippen LogP contribution in [0.25, 0.3) is 22.5 Å². The second-order valence-electron chi connectivity index (χ2n) is 7.26. The van der Waals surface area contributed by atoms with E-state index < -0.39 is 0 Å². The summed E-state index contributed by atoms with van der Waals surface area (Å²) in [5, 5.41) is 11.0. The van der Waals surface area contributed by atoms with Crippen molar-refractivity contribution in [2.75, 3.05) is 5.32 Å². The summed E-state index contributed by atoms with van der Waals surface area (Å²) in [6.07, 6.45) is 5.92. The zero-order valence-electron chi connectivity index (χ0n) is 15.8. The van der Waals surface area contributed by atoms with Gasteiger partial charge in [-0.2, -0.15) is 5.10 Å². The zero-order valence-corrected chi connectivity index (χ0v) is 15.8. The van der Waals surface area contributed by atoms with Crippen molar-refractivity contribution in [1.82, 2.24) is 24.7 Å². The summed E-state index contributed by atoms with van der Waals surface area (Å²) in [6, 6.07) is 16.7. The van der Waals surface area contributed by atoms with E-state index in [0.717, 1.165) is 59.2 Å². The number of aryl methyl sites for hydroxylation is 2. The molecule has 0 spiro atoms. The minimum atomic E-state index is 0.308. The molecule has 0 bridgehead atoms. The van der Waals surface area contributed by atoms with Gasteiger partial charge in [0.25, 0.3) is 0 Å². The standard InChI is InChI=1S/C22H22N6/c1-15-6-5-9-19(24-15)18-13-23-27-22(18)25-17-10-11-28-14-20(26-21(28)12-17)16-7-3-2-4-8-16/h2-9,13-14,17H,10-12H2,1H3,(H2,23,25,27). The van der Waals surface area contributed by atoms with Crippen LogP contribution in [0.15, 0.2) is 60.9 Å². The lowest BCUT2D eigenvalue weighted by Crippen LogP contribution is -2.30. The van der Waals surface area contributed by atoms with Gasteiger partial charge < -0.3 is 9.88 Å². The molecular weight excluding hydrogens is 348 g/mol. The third kappa shape index (κ3) is 3.17. The molecule has 6 nitrogen and oxygen atoms in total. The number of fused-ring (bicyclic) bond motifs is 1. The smallest absolute Gasteiger partial charge is 0.131 e. The molecule has 0 fully saturated rings. The Hall–Kier alpha value is -3.41. The van der Waals surface area contributed by atoms with Crippen molar-refractivity contribution >= 4 is 5.82 Å². The van der Waals surface area contributed by atoms with Crippen LogP contribution in [0.1, 0.15) is 17.9 Å². The fourth-order valence-corrected chi connectivity index (χ4v) is 3.79. The highest BCUT2D eigenvalue weighted by Crippen LogP contribution is 2.28. The quantitative estimate of drug-likeness (QED) is 0.568. The number of imidazole rings is 1. The van der Waals surface area contributed by atoms with Gasteiger partial charge in [0.05, 0.1) is 23.1 Å². The van der Waals surface area contributed by atoms with Crippen molar-refractivity contribution in [3.05, 3.63) is 72.4 Å². The van der Waals surface area contributed by atoms with Crippen LogP contribution in [0.4, 0.5) is 5.82 Å². The minimum absolute atomic E-state index is 0.308. The molecule has 2 N–H and O–H groups in total. The van der Waals surface area contributed by atoms with Crippen LogP contribution in [-0.4, -0.2) is 30.8 Å². The summed E-state index contributed by atoms with van der Waals surface area (Å²) in [6.45, 7) is 2.96. The summed E-state index contributed by atoms with van der Waals surface area (Å²) in [7, 11) is 0. The Balaban J connectivity index is 1.36. The number of hydrogen-bond acceptors (Lipinski definition) is 4. The molecule has 0 amide bonds. The van der Waals surface area contributed by atoms with Crippen LogP contribution in [0, 0.1) is 6.92 Å². The van der Waals surface area contributed by atoms with Crippen molar-refractivity contribution in [2.24, 2.45) is 0 Å². The minimum Gasteiger partial charge on any atom is -0.367 e. The summed E-state index contributed by atoms with van der Waals surface area (Å²) >= 11 is 0. The number of aromatic nitrogens is 5. The highest BCUT2D eigenvalue weighted by atomic mass is 15.2. The monoisotopic (exact) mass is 370 g/mol. The molecule has 0 aliphatic carbocycles. The number of H-pyrrole nitrogens is 1. The summed E-state index contributed by atoms with van der Waals surface area (Å²) in [5.41, 5.74) is 5.14. The second-order valence-corrected chi connectivity index (χ2v) is 7.26. The van der Waals surface area contributed by atoms with Gasteiger partial charge >= 0.3 is 0 Å². The van der Waals surface area contributed by atoms with E-state index in [1.165, 1.54) is 0 Å². The van der Waals surface area contributed by atoms with Gasteiger partial charge in [-0.3, -0.25) is 10.1 Å². The molecule has 6 heteroatoms. The number of nitrogens with one attached hydrogen (secondary N) is 2. The zero-order chi connectivity index (χ0) is 18.9. The van der Waals surface area contributed by atoms with E-state index >= 15 is 0 Å². The van der Waals surface area contributed by atoms with E-state index in [2.05, 4.69) is 55.5 Å². The molecule has 1 aromatic carbocycles. The summed E-state index contributed by atoms with van der Waals surface area (Å²) in [4.78, 5) is 9.50. The second kappa shape index (κ2) is 6.96. The molecule has 0 saturated carbocycles. The van der Waals surface area contributed by atoms with Gasteiger partial charge in [0.1, 0.15) is 11.6 Å². The Morgan fingerprint density at radius 3 is 2.79 bits per heavy atom. The van der Waals surface area contributed by atoms with Gasteiger partial charge in [-0.1, -0.05) is 36.4 Å². The van der Waals surface area contributed by atoms with Gasteiger partial charge in [0.2, 0.25) is 0 Å². The molecule has 1 atom stereocenters. The number of rotatable bonds is 4. The average Bonchev–Trinajstić information content (AvgIpc) is 3.35. The maximum Gasteiger partial charge on any atom is 0.131 e. The van der Waals surface area contributed by atoms with E-state index in [0.29, 0.717) is 6.04 Å². The lowest BCUT2D eigenvalue weighted by Gasteiger charge is -2.24. The summed E-state index contributed by atoms with van der Waals surface area (Å²) < 4.78 is 2.27. The number of pyridine rings is 1. The lowest BCUT2D eigenvalue weighted by molar-refractivity contribution is 0.482. The molecule has 28 heavy (non-hydrogen) atoms. The predicted molar refractivity (Wildman–Crippen MR) is 110 cm³/mol. The van der Waals surface area contributed by atoms with E-state index in [-0.39, 0.29) is 0 Å². The average molecular weight is 370 g/mol. The first kappa shape index (κ1) is 16.7. The summed E-state index contributed by atoms with van der Waals surface area (Å²) in [5.74, 6) is 2.05. The van der Waals surface area contributed by atoms with Crippen LogP contribution < -0.4 is 5.32 Å². The van der Waals surface area contributed by atoms with E-state index in [1.54, 1.807) is 0 Å². The van der Waals surface area contributed by atoms with Gasteiger partial charge in [0, 0.05) is 36.5 Å². The van der Waals surface area contributed by atoms with Crippen molar-refractivity contribution in [3.63, 3.8) is 0 Å². The maximum atomic E-state index is 4.88. The third-order valence-corrected chi connectivity index (χ3v) is 5.23. The largest absolute Gasteiger partial charge is 0.367 e. The van der Waals surface area contributed by atoms with Crippen LogP contribution in [0.5, 0.6) is 0 Å². The van der Waals surface area contributed by atoms with E-state index in [9.17, 15) is 0 Å². The Bertz CT molecular complexity index is 1100. The fourth-order valence-electron chi connectivity index (χ4n) is 3.79. The Kier molecular flexibility index (Phi) is 4.16. The normalized spacial score (nSPS) is 16.0. The van der Waals surface area contributed by atoms with Gasteiger partial charge in [0.15, 0.2) is 0 Å². The fraction of sp³-hybridized carbons (Fsp3) is 0.227. The van der Waals surface area contributed by atoms with Crippen LogP contribution in [-0.2, 0) is 13.0 Å². The van der Waals surface area contributed by atoms with Crippen molar-refractivity contribution in [3.8, 4) is 22.5 Å². The Morgan fingerprint density at radius 2 is 1.93 bits per heavy atom. The molecule has 0 radical (unpaired) electrons. The molecule has 1 unspecified atom stereocenters. The van der Waals surface area contributed by atoms with E-state index in [1.807, 2.05) is 37.4 Å². The van der Waals surface area contributed by atoms with Crippen LogP contribution in [0.2, 0.25) is 0 Å². The molecule has 140 valence electrons. The highest BCUT2D eigenvalue weighted by Gasteiger charge is 2.22. The molecule has 0 saturated heterocycles. The number of nitrogens with zero attached hydrogens (tertiary/aromatic N) is 4. The topological polar surface area (TPSA) is 71.4 Å². The number of hydrogen-bond donors (Lipinski definition) is 2. The van der Waals surface area contributed by atoms with Crippen molar-refractivity contribution in [1.29, 1.82) is 0 Å². The predicted octanol–water partition coefficient (Wildman–Crippen LogP) is 4.07. The molecular formula is C22H22N6. The Labute approximate surface area is 163 Å². The SMILES string of the molecule is Cc1cccc(-c2cn[nH]c2NC2CCn3cc(-c4ccccc4)nc3C2)n1. The molecule has 1 aliphatic heterocycles. The first-order valence-corrected chi connectivity index (χ1v) is 9.62. The lowest BCUT2D eigenvalue weighted by atomic mass is 10.1. The third-order valence-electron chi connectivity index (χ3n) is 5.23. The highest BCUT2D eigenvalue weighted by molar-refractivity contribution is 5.72. The van der Waals surface area contributed by atoms with Crippen LogP contribution >= 0.6 is 0 Å². The number of benzene rings is 1. The van der Waals surface area contributed by atoms with Crippen molar-refractivity contribution in [2.45, 2.75) is 32.4 Å². The van der Waals surface area contributed by atoms with Crippen LogP contribution in [0.3, 0.4) is 0 Å². The first-order valence-electron chi connectivity index (χ1n) is 9.62. The van der Waals surface area contributed by atoms with Gasteiger partial charge in [-0.15, -0.1) is 0 Å². The molecule has 5 rings (SSSR count). The van der Waals surface area contributed by atoms with Gasteiger partial charge in [-0.05, 0) is 25.5 Å². The first-order chi connectivity index (χ1) is 13.8. The molecule has 4 heterocycles. The van der Waals surface area contributed by atoms with E-state index in [4.69, 9.17) is 4.98 Å². The molecule has 4 aromatic rings. The number of anilines is 1.